The molecule has 2 aromatic carbocycles. The van der Waals surface area contributed by atoms with Gasteiger partial charge in [-0.25, -0.2) is 0 Å². The number of nitrogens with one attached hydrogen (secondary N) is 1. The smallest absolute Gasteiger partial charge is 0.146 e. The van der Waals surface area contributed by atoms with Crippen molar-refractivity contribution >= 4 is 23.2 Å². The van der Waals surface area contributed by atoms with Gasteiger partial charge in [0.05, 0.1) is 5.02 Å². The van der Waals surface area contributed by atoms with Crippen LogP contribution in [0, 0.1) is 6.92 Å². The minimum absolute atomic E-state index is 0.400. The summed E-state index contributed by atoms with van der Waals surface area (Å²) in [6.45, 7) is 6.92. The Morgan fingerprint density at radius 3 is 2.48 bits per heavy atom. The predicted octanol–water partition coefficient (Wildman–Crippen LogP) is 5.59. The fourth-order valence-electron chi connectivity index (χ4n) is 1.89. The normalized spacial score (nSPS) is 11.0. The van der Waals surface area contributed by atoms with Gasteiger partial charge < -0.3 is 10.1 Å². The summed E-state index contributed by atoms with van der Waals surface area (Å²) in [4.78, 5) is 0. The molecular formula is C17H19Cl2NO. The fraction of sp³-hybridized carbons (Fsp3) is 0.294. The molecule has 0 radical (unpaired) electrons. The maximum absolute atomic E-state index is 6.23. The van der Waals surface area contributed by atoms with E-state index in [2.05, 4.69) is 19.2 Å². The lowest BCUT2D eigenvalue weighted by atomic mass is 10.2. The highest BCUT2D eigenvalue weighted by atomic mass is 35.5. The van der Waals surface area contributed by atoms with Gasteiger partial charge in [-0.15, -0.1) is 0 Å². The van der Waals surface area contributed by atoms with Gasteiger partial charge in [0.2, 0.25) is 0 Å². The van der Waals surface area contributed by atoms with E-state index in [4.69, 9.17) is 27.9 Å². The van der Waals surface area contributed by atoms with Crippen LogP contribution in [0.15, 0.2) is 36.4 Å². The Bertz CT molecular complexity index is 626. The predicted molar refractivity (Wildman–Crippen MR) is 89.7 cm³/mol. The van der Waals surface area contributed by atoms with Crippen molar-refractivity contribution in [2.45, 2.75) is 33.4 Å². The van der Waals surface area contributed by atoms with Crippen LogP contribution in [0.4, 0.5) is 0 Å². The number of rotatable bonds is 5. The van der Waals surface area contributed by atoms with Crippen molar-refractivity contribution in [3.63, 3.8) is 0 Å². The van der Waals surface area contributed by atoms with Crippen LogP contribution in [0.1, 0.15) is 25.0 Å². The molecule has 0 amide bonds. The number of benzene rings is 2. The van der Waals surface area contributed by atoms with Crippen molar-refractivity contribution < 1.29 is 4.74 Å². The van der Waals surface area contributed by atoms with E-state index in [9.17, 15) is 0 Å². The van der Waals surface area contributed by atoms with Crippen LogP contribution in [0.25, 0.3) is 0 Å². The van der Waals surface area contributed by atoms with Crippen LogP contribution in [-0.4, -0.2) is 6.04 Å². The SMILES string of the molecule is Cc1ccc(Oc2cc(Cl)ccc2CNC(C)C)c(Cl)c1. The molecule has 0 spiro atoms. The summed E-state index contributed by atoms with van der Waals surface area (Å²) < 4.78 is 5.95. The highest BCUT2D eigenvalue weighted by Crippen LogP contribution is 2.33. The minimum atomic E-state index is 0.400. The highest BCUT2D eigenvalue weighted by molar-refractivity contribution is 6.32. The molecule has 0 aliphatic carbocycles. The molecule has 0 bridgehead atoms. The maximum Gasteiger partial charge on any atom is 0.146 e. The van der Waals surface area contributed by atoms with Gasteiger partial charge in [-0.05, 0) is 36.8 Å². The van der Waals surface area contributed by atoms with Gasteiger partial charge in [-0.1, -0.05) is 49.2 Å². The third-order valence-electron chi connectivity index (χ3n) is 3.04. The van der Waals surface area contributed by atoms with Crippen molar-refractivity contribution in [1.29, 1.82) is 0 Å². The molecule has 0 heterocycles. The Balaban J connectivity index is 2.27. The maximum atomic E-state index is 6.23. The summed E-state index contributed by atoms with van der Waals surface area (Å²) in [6, 6.07) is 11.8. The molecule has 1 N–H and O–H groups in total. The third-order valence-corrected chi connectivity index (χ3v) is 3.57. The molecule has 0 saturated carbocycles. The van der Waals surface area contributed by atoms with E-state index in [1.165, 1.54) is 0 Å². The number of halogens is 2. The lowest BCUT2D eigenvalue weighted by Crippen LogP contribution is -2.22. The summed E-state index contributed by atoms with van der Waals surface area (Å²) in [6.07, 6.45) is 0. The second-order valence-corrected chi connectivity index (χ2v) is 6.17. The summed E-state index contributed by atoms with van der Waals surface area (Å²) in [5.74, 6) is 1.36. The Kier molecular flexibility index (Phi) is 5.51. The van der Waals surface area contributed by atoms with E-state index in [0.717, 1.165) is 16.9 Å². The summed E-state index contributed by atoms with van der Waals surface area (Å²) >= 11 is 12.3. The van der Waals surface area contributed by atoms with E-state index in [0.29, 0.717) is 28.4 Å². The number of ether oxygens (including phenoxy) is 1. The lowest BCUT2D eigenvalue weighted by molar-refractivity contribution is 0.469. The lowest BCUT2D eigenvalue weighted by Gasteiger charge is -2.15. The molecule has 0 aliphatic heterocycles. The Labute approximate surface area is 136 Å². The van der Waals surface area contributed by atoms with Gasteiger partial charge in [-0.3, -0.25) is 0 Å². The molecule has 2 aromatic rings. The van der Waals surface area contributed by atoms with Crippen molar-refractivity contribution in [3.05, 3.63) is 57.6 Å². The molecule has 2 rings (SSSR count). The first kappa shape index (κ1) is 16.2. The van der Waals surface area contributed by atoms with Crippen LogP contribution in [0.5, 0.6) is 11.5 Å². The van der Waals surface area contributed by atoms with Crippen LogP contribution < -0.4 is 10.1 Å². The van der Waals surface area contributed by atoms with Gasteiger partial charge in [-0.2, -0.15) is 0 Å². The highest BCUT2D eigenvalue weighted by Gasteiger charge is 2.09. The van der Waals surface area contributed by atoms with Crippen LogP contribution >= 0.6 is 23.2 Å². The molecule has 0 unspecified atom stereocenters. The third kappa shape index (κ3) is 4.63. The van der Waals surface area contributed by atoms with Crippen LogP contribution in [0.3, 0.4) is 0 Å². The summed E-state index contributed by atoms with van der Waals surface area (Å²) in [5.41, 5.74) is 2.14. The van der Waals surface area contributed by atoms with Gasteiger partial charge in [0.25, 0.3) is 0 Å². The molecule has 0 saturated heterocycles. The second-order valence-electron chi connectivity index (χ2n) is 5.32. The molecule has 0 atom stereocenters. The van der Waals surface area contributed by atoms with Crippen LogP contribution in [-0.2, 0) is 6.54 Å². The number of hydrogen-bond acceptors (Lipinski definition) is 2. The quantitative estimate of drug-likeness (QED) is 0.774. The van der Waals surface area contributed by atoms with Crippen molar-refractivity contribution in [3.8, 4) is 11.5 Å². The van der Waals surface area contributed by atoms with Gasteiger partial charge in [0.15, 0.2) is 0 Å². The first-order valence-corrected chi connectivity index (χ1v) is 7.67. The Morgan fingerprint density at radius 1 is 1.05 bits per heavy atom. The second kappa shape index (κ2) is 7.17. The molecular weight excluding hydrogens is 305 g/mol. The molecule has 112 valence electrons. The van der Waals surface area contributed by atoms with E-state index in [1.807, 2.05) is 43.3 Å². The number of hydrogen-bond donors (Lipinski definition) is 1. The Hall–Kier alpha value is -1.22. The molecule has 2 nitrogen and oxygen atoms in total. The molecule has 4 heteroatoms. The van der Waals surface area contributed by atoms with Crippen molar-refractivity contribution in [2.75, 3.05) is 0 Å². The standard InChI is InChI=1S/C17H19Cl2NO/c1-11(2)20-10-13-5-6-14(18)9-17(13)21-16-7-4-12(3)8-15(16)19/h4-9,11,20H,10H2,1-3H3. The minimum Gasteiger partial charge on any atom is -0.455 e. The average molecular weight is 324 g/mol. The first-order chi connectivity index (χ1) is 9.95. The summed E-state index contributed by atoms with van der Waals surface area (Å²) in [7, 11) is 0. The number of aryl methyl sites for hydroxylation is 1. The first-order valence-electron chi connectivity index (χ1n) is 6.91. The molecule has 0 aromatic heterocycles. The zero-order valence-electron chi connectivity index (χ0n) is 12.4. The fourth-order valence-corrected chi connectivity index (χ4v) is 2.33. The van der Waals surface area contributed by atoms with E-state index >= 15 is 0 Å². The molecule has 0 fully saturated rings. The van der Waals surface area contributed by atoms with E-state index in [-0.39, 0.29) is 0 Å². The average Bonchev–Trinajstić information content (AvgIpc) is 2.41. The van der Waals surface area contributed by atoms with E-state index in [1.54, 1.807) is 0 Å². The molecule has 0 aliphatic rings. The topological polar surface area (TPSA) is 21.3 Å². The van der Waals surface area contributed by atoms with Gasteiger partial charge in [0, 0.05) is 23.2 Å². The van der Waals surface area contributed by atoms with Crippen LogP contribution in [0.2, 0.25) is 10.0 Å². The molecule has 21 heavy (non-hydrogen) atoms. The monoisotopic (exact) mass is 323 g/mol. The Morgan fingerprint density at radius 2 is 1.81 bits per heavy atom. The van der Waals surface area contributed by atoms with Crippen molar-refractivity contribution in [2.24, 2.45) is 0 Å². The van der Waals surface area contributed by atoms with E-state index < -0.39 is 0 Å². The van der Waals surface area contributed by atoms with Gasteiger partial charge >= 0.3 is 0 Å². The zero-order chi connectivity index (χ0) is 15.4. The van der Waals surface area contributed by atoms with Crippen molar-refractivity contribution in [1.82, 2.24) is 5.32 Å². The van der Waals surface area contributed by atoms with Gasteiger partial charge in [0.1, 0.15) is 11.5 Å². The zero-order valence-corrected chi connectivity index (χ0v) is 13.9. The largest absolute Gasteiger partial charge is 0.455 e. The summed E-state index contributed by atoms with van der Waals surface area (Å²) in [5, 5.41) is 4.61.